The molecule has 0 atom stereocenters. The van der Waals surface area contributed by atoms with E-state index in [1.807, 2.05) is 36.2 Å². The Morgan fingerprint density at radius 3 is 2.93 bits per heavy atom. The number of benzene rings is 1. The van der Waals surface area contributed by atoms with E-state index in [1.54, 1.807) is 0 Å². The van der Waals surface area contributed by atoms with Crippen molar-refractivity contribution in [1.29, 1.82) is 0 Å². The van der Waals surface area contributed by atoms with Crippen LogP contribution in [0.4, 0.5) is 5.69 Å². The summed E-state index contributed by atoms with van der Waals surface area (Å²) in [5.74, 6) is -0.187. The fraction of sp³-hybridized carbons (Fsp3) is 0.364. The Hall–Kier alpha value is -1.51. The molecule has 0 aliphatic carbocycles. The summed E-state index contributed by atoms with van der Waals surface area (Å²) in [4.78, 5) is 12.9. The third-order valence-corrected chi connectivity index (χ3v) is 1.98. The zero-order chi connectivity index (χ0) is 10.4. The van der Waals surface area contributed by atoms with Gasteiger partial charge in [-0.2, -0.15) is 0 Å². The van der Waals surface area contributed by atoms with E-state index < -0.39 is 0 Å². The number of methoxy groups -OCH3 is 1. The molecule has 1 radical (unpaired) electrons. The lowest BCUT2D eigenvalue weighted by Gasteiger charge is -2.17. The Morgan fingerprint density at radius 1 is 1.57 bits per heavy atom. The van der Waals surface area contributed by atoms with Gasteiger partial charge in [0.1, 0.15) is 0 Å². The Bertz CT molecular complexity index is 285. The summed E-state index contributed by atoms with van der Waals surface area (Å²) >= 11 is 0. The lowest BCUT2D eigenvalue weighted by atomic mass is 10.3. The molecular formula is C11H14NO2. The number of carbonyl (C=O) groups is 1. The van der Waals surface area contributed by atoms with Crippen molar-refractivity contribution in [3.05, 3.63) is 30.3 Å². The van der Waals surface area contributed by atoms with Crippen molar-refractivity contribution in [3.63, 3.8) is 0 Å². The Kier molecular flexibility index (Phi) is 3.98. The standard InChI is InChI=1S/C11H14NO2/c1-12(9-8-11(13)14-2)10-6-4-3-5-7-10/h3-6H,8-9H2,1-2H3. The average Bonchev–Trinajstić information content (AvgIpc) is 2.26. The monoisotopic (exact) mass is 192 g/mol. The van der Waals surface area contributed by atoms with Crippen molar-refractivity contribution in [2.24, 2.45) is 0 Å². The summed E-state index contributed by atoms with van der Waals surface area (Å²) in [5.41, 5.74) is 0.983. The average molecular weight is 192 g/mol. The maximum absolute atomic E-state index is 10.9. The van der Waals surface area contributed by atoms with Crippen molar-refractivity contribution in [3.8, 4) is 0 Å². The van der Waals surface area contributed by atoms with Crippen LogP contribution >= 0.6 is 0 Å². The lowest BCUT2D eigenvalue weighted by Crippen LogP contribution is -2.21. The molecule has 0 fully saturated rings. The van der Waals surface area contributed by atoms with Gasteiger partial charge in [0.05, 0.1) is 13.5 Å². The number of nitrogens with zero attached hydrogens (tertiary/aromatic N) is 1. The van der Waals surface area contributed by atoms with Gasteiger partial charge in [0.15, 0.2) is 0 Å². The molecule has 14 heavy (non-hydrogen) atoms. The third-order valence-electron chi connectivity index (χ3n) is 1.98. The zero-order valence-electron chi connectivity index (χ0n) is 8.49. The summed E-state index contributed by atoms with van der Waals surface area (Å²) in [7, 11) is 3.33. The van der Waals surface area contributed by atoms with Crippen LogP contribution in [0.25, 0.3) is 0 Å². The molecule has 0 aliphatic heterocycles. The predicted octanol–water partition coefficient (Wildman–Crippen LogP) is 1.49. The van der Waals surface area contributed by atoms with Crippen molar-refractivity contribution >= 4 is 11.7 Å². The summed E-state index contributed by atoms with van der Waals surface area (Å²) in [6.07, 6.45) is 0.399. The maximum Gasteiger partial charge on any atom is 0.307 e. The second kappa shape index (κ2) is 5.27. The SMILES string of the molecule is COC(=O)CCN(C)c1[c]cccc1. The quantitative estimate of drug-likeness (QED) is 0.677. The minimum absolute atomic E-state index is 0.187. The first-order valence-electron chi connectivity index (χ1n) is 4.48. The minimum atomic E-state index is -0.187. The van der Waals surface area contributed by atoms with Crippen molar-refractivity contribution < 1.29 is 9.53 Å². The van der Waals surface area contributed by atoms with Gasteiger partial charge in [0.2, 0.25) is 0 Å². The van der Waals surface area contributed by atoms with Crippen LogP contribution in [-0.2, 0) is 9.53 Å². The Balaban J connectivity index is 2.43. The highest BCUT2D eigenvalue weighted by atomic mass is 16.5. The number of hydrogen-bond donors (Lipinski definition) is 0. The summed E-state index contributed by atoms with van der Waals surface area (Å²) in [6, 6.07) is 10.7. The number of hydrogen-bond acceptors (Lipinski definition) is 3. The first-order chi connectivity index (χ1) is 6.74. The molecule has 0 saturated heterocycles. The van der Waals surface area contributed by atoms with E-state index in [-0.39, 0.29) is 5.97 Å². The van der Waals surface area contributed by atoms with Gasteiger partial charge >= 0.3 is 5.97 Å². The largest absolute Gasteiger partial charge is 0.469 e. The molecule has 75 valence electrons. The third kappa shape index (κ3) is 3.09. The van der Waals surface area contributed by atoms with E-state index >= 15 is 0 Å². The maximum atomic E-state index is 10.9. The van der Waals surface area contributed by atoms with Crippen LogP contribution in [0.2, 0.25) is 0 Å². The first kappa shape index (κ1) is 10.6. The van der Waals surface area contributed by atoms with E-state index in [1.165, 1.54) is 7.11 Å². The van der Waals surface area contributed by atoms with Crippen LogP contribution in [0, 0.1) is 6.07 Å². The number of rotatable bonds is 4. The van der Waals surface area contributed by atoms with E-state index in [4.69, 9.17) is 0 Å². The molecule has 0 saturated carbocycles. The van der Waals surface area contributed by atoms with Gasteiger partial charge in [-0.15, -0.1) is 0 Å². The highest BCUT2D eigenvalue weighted by Crippen LogP contribution is 2.10. The van der Waals surface area contributed by atoms with Gasteiger partial charge in [-0.3, -0.25) is 4.79 Å². The molecule has 0 aromatic heterocycles. The number of anilines is 1. The predicted molar refractivity (Wildman–Crippen MR) is 55.2 cm³/mol. The summed E-state index contributed by atoms with van der Waals surface area (Å²) in [6.45, 7) is 0.646. The van der Waals surface area contributed by atoms with Gasteiger partial charge in [-0.05, 0) is 6.07 Å². The molecule has 0 amide bonds. The molecule has 3 nitrogen and oxygen atoms in total. The van der Waals surface area contributed by atoms with Crippen LogP contribution in [-0.4, -0.2) is 26.7 Å². The van der Waals surface area contributed by atoms with Crippen molar-refractivity contribution in [2.45, 2.75) is 6.42 Å². The highest BCUT2D eigenvalue weighted by molar-refractivity contribution is 5.69. The first-order valence-corrected chi connectivity index (χ1v) is 4.48. The van der Waals surface area contributed by atoms with E-state index in [0.717, 1.165) is 5.69 Å². The van der Waals surface area contributed by atoms with Gasteiger partial charge in [-0.25, -0.2) is 0 Å². The molecule has 0 N–H and O–H groups in total. The molecular weight excluding hydrogens is 178 g/mol. The summed E-state index contributed by atoms with van der Waals surface area (Å²) < 4.78 is 4.56. The molecule has 0 unspecified atom stereocenters. The molecule has 0 heterocycles. The fourth-order valence-corrected chi connectivity index (χ4v) is 1.10. The van der Waals surface area contributed by atoms with Crippen LogP contribution in [0.1, 0.15) is 6.42 Å². The molecule has 1 rings (SSSR count). The Labute approximate surface area is 84.3 Å². The minimum Gasteiger partial charge on any atom is -0.469 e. The van der Waals surface area contributed by atoms with E-state index in [2.05, 4.69) is 10.8 Å². The smallest absolute Gasteiger partial charge is 0.307 e. The van der Waals surface area contributed by atoms with Crippen molar-refractivity contribution in [2.75, 3.05) is 25.6 Å². The van der Waals surface area contributed by atoms with E-state index in [0.29, 0.717) is 13.0 Å². The number of para-hydroxylation sites is 1. The fourth-order valence-electron chi connectivity index (χ4n) is 1.10. The van der Waals surface area contributed by atoms with Crippen LogP contribution < -0.4 is 4.90 Å². The molecule has 0 aliphatic rings. The second-order valence-corrected chi connectivity index (χ2v) is 3.00. The molecule has 1 aromatic carbocycles. The molecule has 0 spiro atoms. The number of ether oxygens (including phenoxy) is 1. The molecule has 1 aromatic rings. The zero-order valence-corrected chi connectivity index (χ0v) is 8.49. The molecule has 3 heteroatoms. The van der Waals surface area contributed by atoms with Crippen molar-refractivity contribution in [1.82, 2.24) is 0 Å². The summed E-state index contributed by atoms with van der Waals surface area (Å²) in [5, 5.41) is 0. The van der Waals surface area contributed by atoms with E-state index in [9.17, 15) is 4.79 Å². The number of esters is 1. The highest BCUT2D eigenvalue weighted by Gasteiger charge is 2.04. The normalized spacial score (nSPS) is 9.57. The second-order valence-electron chi connectivity index (χ2n) is 3.00. The van der Waals surface area contributed by atoms with Gasteiger partial charge in [0.25, 0.3) is 0 Å². The lowest BCUT2D eigenvalue weighted by molar-refractivity contribution is -0.140. The van der Waals surface area contributed by atoms with Crippen LogP contribution in [0.15, 0.2) is 24.3 Å². The number of carbonyl (C=O) groups excluding carboxylic acids is 1. The van der Waals surface area contributed by atoms with Crippen LogP contribution in [0.3, 0.4) is 0 Å². The van der Waals surface area contributed by atoms with Gasteiger partial charge in [-0.1, -0.05) is 18.2 Å². The topological polar surface area (TPSA) is 29.5 Å². The van der Waals surface area contributed by atoms with Gasteiger partial charge in [0, 0.05) is 25.3 Å². The Morgan fingerprint density at radius 2 is 2.36 bits per heavy atom. The van der Waals surface area contributed by atoms with Gasteiger partial charge < -0.3 is 9.64 Å². The van der Waals surface area contributed by atoms with Crippen LogP contribution in [0.5, 0.6) is 0 Å². The molecule has 0 bridgehead atoms.